The zero-order valence-electron chi connectivity index (χ0n) is 17.4. The summed E-state index contributed by atoms with van der Waals surface area (Å²) in [6.07, 6.45) is 3.01. The lowest BCUT2D eigenvalue weighted by Gasteiger charge is -2.37. The van der Waals surface area contributed by atoms with Crippen LogP contribution in [0.4, 0.5) is 5.69 Å². The normalized spacial score (nSPS) is 16.0. The van der Waals surface area contributed by atoms with Crippen molar-refractivity contribution >= 4 is 22.5 Å². The zero-order valence-corrected chi connectivity index (χ0v) is 17.4. The molecule has 0 N–H and O–H groups in total. The summed E-state index contributed by atoms with van der Waals surface area (Å²) in [5.41, 5.74) is 5.22. The molecular weight excluding hydrogens is 374 g/mol. The number of rotatable bonds is 4. The number of pyridine rings is 1. The molecule has 2 aromatic carbocycles. The largest absolute Gasteiger partial charge is 0.492 e. The van der Waals surface area contributed by atoms with Gasteiger partial charge in [-0.25, -0.2) is 0 Å². The number of amides is 1. The Morgan fingerprint density at radius 2 is 1.77 bits per heavy atom. The molecule has 0 bridgehead atoms. The van der Waals surface area contributed by atoms with E-state index < -0.39 is 0 Å². The molecule has 1 fully saturated rings. The summed E-state index contributed by atoms with van der Waals surface area (Å²) in [6.45, 7) is 5.69. The van der Waals surface area contributed by atoms with Crippen LogP contribution in [0.2, 0.25) is 0 Å². The lowest BCUT2D eigenvalue weighted by molar-refractivity contribution is 0.0747. The first kappa shape index (κ1) is 18.9. The van der Waals surface area contributed by atoms with Gasteiger partial charge in [0.05, 0.1) is 23.4 Å². The average molecular weight is 402 g/mol. The van der Waals surface area contributed by atoms with E-state index in [9.17, 15) is 4.79 Å². The highest BCUT2D eigenvalue weighted by molar-refractivity contribution is 6.08. The average Bonchev–Trinajstić information content (AvgIpc) is 3.26. The summed E-state index contributed by atoms with van der Waals surface area (Å²) in [6, 6.07) is 16.2. The fourth-order valence-corrected chi connectivity index (χ4v) is 4.76. The smallest absolute Gasteiger partial charge is 0.255 e. The highest BCUT2D eigenvalue weighted by atomic mass is 16.5. The number of hydrogen-bond acceptors (Lipinski definition) is 4. The number of fused-ring (bicyclic) bond motifs is 2. The van der Waals surface area contributed by atoms with E-state index in [1.165, 1.54) is 5.56 Å². The van der Waals surface area contributed by atoms with E-state index in [-0.39, 0.29) is 5.91 Å². The van der Waals surface area contributed by atoms with Crippen LogP contribution in [0, 0.1) is 0 Å². The number of para-hydroxylation sites is 3. The van der Waals surface area contributed by atoms with Gasteiger partial charge in [-0.1, -0.05) is 30.3 Å². The molecule has 0 spiro atoms. The van der Waals surface area contributed by atoms with E-state index in [4.69, 9.17) is 9.72 Å². The standard InChI is InChI=1S/C25H27N3O2/c1-2-30-23-13-6-5-12-22(23)27-14-16-28(17-15-27)25(29)24-18-8-3-4-10-20(18)26-21-11-7-9-19(21)24/h3-6,8,10,12-13H,2,7,9,11,14-17H2,1H3. The molecule has 1 saturated heterocycles. The molecule has 5 nitrogen and oxygen atoms in total. The van der Waals surface area contributed by atoms with E-state index in [0.29, 0.717) is 19.7 Å². The highest BCUT2D eigenvalue weighted by Gasteiger charge is 2.29. The molecule has 3 aromatic rings. The molecule has 5 heteroatoms. The minimum Gasteiger partial charge on any atom is -0.492 e. The number of ether oxygens (including phenoxy) is 1. The molecule has 30 heavy (non-hydrogen) atoms. The third kappa shape index (κ3) is 3.28. The number of anilines is 1. The molecule has 1 amide bonds. The van der Waals surface area contributed by atoms with Crippen LogP contribution >= 0.6 is 0 Å². The fraction of sp³-hybridized carbons (Fsp3) is 0.360. The van der Waals surface area contributed by atoms with Gasteiger partial charge in [0.2, 0.25) is 0 Å². The van der Waals surface area contributed by atoms with Gasteiger partial charge in [-0.05, 0) is 49.9 Å². The van der Waals surface area contributed by atoms with Crippen LogP contribution < -0.4 is 9.64 Å². The third-order valence-corrected chi connectivity index (χ3v) is 6.21. The molecule has 1 aliphatic heterocycles. The number of nitrogens with zero attached hydrogens (tertiary/aromatic N) is 3. The van der Waals surface area contributed by atoms with E-state index in [0.717, 1.165) is 65.9 Å². The van der Waals surface area contributed by atoms with Gasteiger partial charge in [-0.3, -0.25) is 9.78 Å². The molecule has 0 atom stereocenters. The van der Waals surface area contributed by atoms with Gasteiger partial charge in [-0.15, -0.1) is 0 Å². The van der Waals surface area contributed by atoms with Crippen LogP contribution in [-0.4, -0.2) is 48.6 Å². The Bertz CT molecular complexity index is 1090. The van der Waals surface area contributed by atoms with Gasteiger partial charge in [0.1, 0.15) is 5.75 Å². The van der Waals surface area contributed by atoms with Crippen molar-refractivity contribution in [2.24, 2.45) is 0 Å². The summed E-state index contributed by atoms with van der Waals surface area (Å²) in [5.74, 6) is 1.07. The Kier molecular flexibility index (Phi) is 5.03. The van der Waals surface area contributed by atoms with Crippen molar-refractivity contribution in [2.75, 3.05) is 37.7 Å². The number of aryl methyl sites for hydroxylation is 1. The Morgan fingerprint density at radius 3 is 2.60 bits per heavy atom. The lowest BCUT2D eigenvalue weighted by atomic mass is 9.99. The Labute approximate surface area is 177 Å². The van der Waals surface area contributed by atoms with Gasteiger partial charge in [-0.2, -0.15) is 0 Å². The first-order chi connectivity index (χ1) is 14.8. The number of hydrogen-bond donors (Lipinski definition) is 0. The molecule has 0 saturated carbocycles. The van der Waals surface area contributed by atoms with Crippen LogP contribution in [0.5, 0.6) is 5.75 Å². The van der Waals surface area contributed by atoms with Crippen LogP contribution in [0.25, 0.3) is 10.9 Å². The first-order valence-corrected chi connectivity index (χ1v) is 10.9. The summed E-state index contributed by atoms with van der Waals surface area (Å²) in [4.78, 5) is 22.8. The van der Waals surface area contributed by atoms with Crippen LogP contribution in [0.3, 0.4) is 0 Å². The summed E-state index contributed by atoms with van der Waals surface area (Å²) in [7, 11) is 0. The molecule has 1 aromatic heterocycles. The summed E-state index contributed by atoms with van der Waals surface area (Å²) >= 11 is 0. The van der Waals surface area contributed by atoms with Crippen LogP contribution in [0.15, 0.2) is 48.5 Å². The maximum Gasteiger partial charge on any atom is 0.255 e. The summed E-state index contributed by atoms with van der Waals surface area (Å²) < 4.78 is 5.80. The van der Waals surface area contributed by atoms with Gasteiger partial charge < -0.3 is 14.5 Å². The second-order valence-electron chi connectivity index (χ2n) is 7.96. The number of piperazine rings is 1. The molecule has 0 unspecified atom stereocenters. The second-order valence-corrected chi connectivity index (χ2v) is 7.96. The molecule has 2 heterocycles. The number of carbonyl (C=O) groups is 1. The third-order valence-electron chi connectivity index (χ3n) is 6.21. The van der Waals surface area contributed by atoms with Crippen molar-refractivity contribution in [3.05, 3.63) is 65.4 Å². The van der Waals surface area contributed by atoms with Gasteiger partial charge >= 0.3 is 0 Å². The van der Waals surface area contributed by atoms with Gasteiger partial charge in [0.15, 0.2) is 0 Å². The Hall–Kier alpha value is -3.08. The molecular formula is C25H27N3O2. The van der Waals surface area contributed by atoms with E-state index in [1.54, 1.807) is 0 Å². The van der Waals surface area contributed by atoms with Crippen molar-refractivity contribution in [3.63, 3.8) is 0 Å². The maximum atomic E-state index is 13.6. The summed E-state index contributed by atoms with van der Waals surface area (Å²) in [5, 5.41) is 0.993. The van der Waals surface area contributed by atoms with Crippen molar-refractivity contribution < 1.29 is 9.53 Å². The fourth-order valence-electron chi connectivity index (χ4n) is 4.76. The van der Waals surface area contributed by atoms with Crippen molar-refractivity contribution in [3.8, 4) is 5.75 Å². The molecule has 1 aliphatic carbocycles. The van der Waals surface area contributed by atoms with Crippen molar-refractivity contribution in [1.82, 2.24) is 9.88 Å². The molecule has 2 aliphatic rings. The minimum atomic E-state index is 0.157. The highest BCUT2D eigenvalue weighted by Crippen LogP contribution is 2.32. The predicted octanol–water partition coefficient (Wildman–Crippen LogP) is 4.08. The van der Waals surface area contributed by atoms with Crippen molar-refractivity contribution in [2.45, 2.75) is 26.2 Å². The number of aromatic nitrogens is 1. The Morgan fingerprint density at radius 1 is 1.00 bits per heavy atom. The quantitative estimate of drug-likeness (QED) is 0.661. The predicted molar refractivity (Wildman–Crippen MR) is 119 cm³/mol. The Balaban J connectivity index is 1.40. The lowest BCUT2D eigenvalue weighted by Crippen LogP contribution is -2.49. The SMILES string of the molecule is CCOc1ccccc1N1CCN(C(=O)c2c3c(nc4ccccc24)CCC3)CC1. The first-order valence-electron chi connectivity index (χ1n) is 10.9. The van der Waals surface area contributed by atoms with Crippen LogP contribution in [0.1, 0.15) is 35.0 Å². The number of benzene rings is 2. The topological polar surface area (TPSA) is 45.7 Å². The maximum absolute atomic E-state index is 13.6. The zero-order chi connectivity index (χ0) is 20.5. The van der Waals surface area contributed by atoms with Crippen molar-refractivity contribution in [1.29, 1.82) is 0 Å². The van der Waals surface area contributed by atoms with E-state index in [2.05, 4.69) is 11.0 Å². The molecule has 5 rings (SSSR count). The minimum absolute atomic E-state index is 0.157. The van der Waals surface area contributed by atoms with Crippen LogP contribution in [-0.2, 0) is 12.8 Å². The second kappa shape index (κ2) is 7.98. The van der Waals surface area contributed by atoms with E-state index in [1.807, 2.05) is 54.3 Å². The molecule has 0 radical (unpaired) electrons. The molecule has 154 valence electrons. The van der Waals surface area contributed by atoms with E-state index >= 15 is 0 Å². The van der Waals surface area contributed by atoms with Gasteiger partial charge in [0, 0.05) is 37.3 Å². The number of carbonyl (C=O) groups excluding carboxylic acids is 1. The monoisotopic (exact) mass is 401 g/mol. The van der Waals surface area contributed by atoms with Gasteiger partial charge in [0.25, 0.3) is 5.91 Å².